The Morgan fingerprint density at radius 3 is 1.75 bits per heavy atom. The predicted molar refractivity (Wildman–Crippen MR) is 91.3 cm³/mol. The molecular weight excluding hydrogens is 534 g/mol. The van der Waals surface area contributed by atoms with Crippen LogP contribution < -0.4 is 11.5 Å². The van der Waals surface area contributed by atoms with Crippen molar-refractivity contribution in [3.8, 4) is 0 Å². The number of anilines is 2. The molecule has 0 atom stereocenters. The van der Waals surface area contributed by atoms with Gasteiger partial charge in [0.1, 0.15) is 11.4 Å². The lowest BCUT2D eigenvalue weighted by Crippen LogP contribution is -2.03. The lowest BCUT2D eigenvalue weighted by Gasteiger charge is -2.03. The molecule has 130 valence electrons. The van der Waals surface area contributed by atoms with E-state index in [0.29, 0.717) is 8.95 Å². The van der Waals surface area contributed by atoms with Crippen LogP contribution in [0.25, 0.3) is 0 Å². The van der Waals surface area contributed by atoms with Crippen molar-refractivity contribution in [1.29, 1.82) is 0 Å². The first-order valence-electron chi connectivity index (χ1n) is 5.64. The van der Waals surface area contributed by atoms with Crippen molar-refractivity contribution in [2.24, 2.45) is 0 Å². The third kappa shape index (κ3) is 4.36. The molecular formula is C12H6Br3F4N3O2. The summed E-state index contributed by atoms with van der Waals surface area (Å²) in [5, 5.41) is 10.4. The molecule has 0 spiro atoms. The molecule has 0 unspecified atom stereocenters. The zero-order valence-electron chi connectivity index (χ0n) is 11.2. The SMILES string of the molecule is Nc1c(Br)cc(Br)cc1[N+](=O)[O-].Nc1c(F)c(F)c(Br)c(F)c1F. The molecule has 0 aliphatic carbocycles. The van der Waals surface area contributed by atoms with E-state index in [9.17, 15) is 27.7 Å². The minimum atomic E-state index is -1.60. The summed E-state index contributed by atoms with van der Waals surface area (Å²) >= 11 is 8.56. The Morgan fingerprint density at radius 1 is 0.875 bits per heavy atom. The lowest BCUT2D eigenvalue weighted by molar-refractivity contribution is -0.384. The smallest absolute Gasteiger partial charge is 0.294 e. The number of nitro benzene ring substituents is 1. The first-order valence-corrected chi connectivity index (χ1v) is 8.02. The summed E-state index contributed by atoms with van der Waals surface area (Å²) in [4.78, 5) is 9.89. The average Bonchev–Trinajstić information content (AvgIpc) is 2.53. The van der Waals surface area contributed by atoms with E-state index in [1.165, 1.54) is 6.07 Å². The molecule has 0 heterocycles. The Labute approximate surface area is 157 Å². The number of halogens is 7. The number of hydrogen-bond donors (Lipinski definition) is 2. The molecule has 2 rings (SSSR count). The van der Waals surface area contributed by atoms with Gasteiger partial charge in [0.25, 0.3) is 5.69 Å². The van der Waals surface area contributed by atoms with Crippen LogP contribution in [0.1, 0.15) is 0 Å². The molecule has 0 aliphatic heterocycles. The molecule has 0 saturated carbocycles. The minimum absolute atomic E-state index is 0.101. The Balaban J connectivity index is 0.000000240. The monoisotopic (exact) mass is 537 g/mol. The van der Waals surface area contributed by atoms with Crippen LogP contribution in [0.5, 0.6) is 0 Å². The summed E-state index contributed by atoms with van der Waals surface area (Å²) < 4.78 is 50.3. The first kappa shape index (κ1) is 20.6. The fraction of sp³-hybridized carbons (Fsp3) is 0. The highest BCUT2D eigenvalue weighted by Crippen LogP contribution is 2.33. The van der Waals surface area contributed by atoms with Crippen LogP contribution in [0.2, 0.25) is 0 Å². The Hall–Kier alpha value is -1.40. The van der Waals surface area contributed by atoms with E-state index in [2.05, 4.69) is 47.8 Å². The third-order valence-electron chi connectivity index (χ3n) is 2.51. The van der Waals surface area contributed by atoms with Crippen molar-refractivity contribution in [1.82, 2.24) is 0 Å². The minimum Gasteiger partial charge on any atom is -0.394 e. The molecule has 0 amide bonds. The van der Waals surface area contributed by atoms with Gasteiger partial charge in [-0.25, -0.2) is 17.6 Å². The van der Waals surface area contributed by atoms with E-state index >= 15 is 0 Å². The first-order chi connectivity index (χ1) is 11.0. The summed E-state index contributed by atoms with van der Waals surface area (Å²) in [7, 11) is 0. The van der Waals surface area contributed by atoms with E-state index in [-0.39, 0.29) is 11.4 Å². The van der Waals surface area contributed by atoms with E-state index in [0.717, 1.165) is 0 Å². The number of nitrogen functional groups attached to an aromatic ring is 2. The van der Waals surface area contributed by atoms with Gasteiger partial charge < -0.3 is 11.5 Å². The molecule has 0 aliphatic rings. The van der Waals surface area contributed by atoms with Gasteiger partial charge in [0, 0.05) is 15.0 Å². The zero-order chi connectivity index (χ0) is 18.8. The van der Waals surface area contributed by atoms with Crippen LogP contribution in [0.15, 0.2) is 25.6 Å². The maximum absolute atomic E-state index is 12.5. The maximum atomic E-state index is 12.5. The third-order valence-corrected chi connectivity index (χ3v) is 4.32. The highest BCUT2D eigenvalue weighted by atomic mass is 79.9. The van der Waals surface area contributed by atoms with Crippen molar-refractivity contribution >= 4 is 64.9 Å². The van der Waals surface area contributed by atoms with Crippen LogP contribution in [0, 0.1) is 33.4 Å². The van der Waals surface area contributed by atoms with Gasteiger partial charge >= 0.3 is 0 Å². The number of rotatable bonds is 1. The van der Waals surface area contributed by atoms with Gasteiger partial charge in [-0.2, -0.15) is 0 Å². The van der Waals surface area contributed by atoms with Gasteiger partial charge in [0.2, 0.25) is 0 Å². The Kier molecular flexibility index (Phi) is 6.98. The van der Waals surface area contributed by atoms with Gasteiger partial charge in [0.15, 0.2) is 23.3 Å². The van der Waals surface area contributed by atoms with E-state index < -0.39 is 38.4 Å². The number of benzene rings is 2. The fourth-order valence-corrected chi connectivity index (χ4v) is 2.89. The second kappa shape index (κ2) is 8.12. The maximum Gasteiger partial charge on any atom is 0.294 e. The van der Waals surface area contributed by atoms with Gasteiger partial charge in [-0.15, -0.1) is 0 Å². The molecule has 0 saturated heterocycles. The van der Waals surface area contributed by atoms with E-state index in [4.69, 9.17) is 11.5 Å². The topological polar surface area (TPSA) is 95.2 Å². The largest absolute Gasteiger partial charge is 0.394 e. The number of nitrogens with zero attached hydrogens (tertiary/aromatic N) is 1. The van der Waals surface area contributed by atoms with Crippen molar-refractivity contribution in [3.63, 3.8) is 0 Å². The van der Waals surface area contributed by atoms with Crippen LogP contribution >= 0.6 is 47.8 Å². The van der Waals surface area contributed by atoms with Crippen LogP contribution in [0.4, 0.5) is 34.6 Å². The molecule has 0 aromatic heterocycles. The quantitative estimate of drug-likeness (QED) is 0.129. The van der Waals surface area contributed by atoms with Crippen LogP contribution in [0.3, 0.4) is 0 Å². The Morgan fingerprint density at radius 2 is 1.33 bits per heavy atom. The second-order valence-electron chi connectivity index (χ2n) is 4.06. The van der Waals surface area contributed by atoms with Crippen molar-refractivity contribution < 1.29 is 22.5 Å². The molecule has 0 radical (unpaired) electrons. The van der Waals surface area contributed by atoms with Crippen molar-refractivity contribution in [3.05, 3.63) is 58.9 Å². The summed E-state index contributed by atoms with van der Waals surface area (Å²) in [6, 6.07) is 3.02. The predicted octanol–water partition coefficient (Wildman–Crippen LogP) is 5.29. The molecule has 4 N–H and O–H groups in total. The zero-order valence-corrected chi connectivity index (χ0v) is 16.0. The van der Waals surface area contributed by atoms with Crippen molar-refractivity contribution in [2.75, 3.05) is 11.5 Å². The standard InChI is InChI=1S/C6H4Br2N2O2.C6H2BrF4N/c7-3-1-4(8)6(9)5(2-3)10(11)12;7-1-2(8)4(10)6(12)5(11)3(1)9/h1-2H,9H2;12H2. The molecule has 2 aromatic rings. The fourth-order valence-electron chi connectivity index (χ4n) is 1.34. The normalized spacial score (nSPS) is 10.1. The van der Waals surface area contributed by atoms with Crippen LogP contribution in [-0.2, 0) is 0 Å². The molecule has 24 heavy (non-hydrogen) atoms. The molecule has 12 heteroatoms. The summed E-state index contributed by atoms with van der Waals surface area (Å²) in [5.74, 6) is -6.26. The van der Waals surface area contributed by atoms with Gasteiger partial charge in [-0.1, -0.05) is 15.9 Å². The van der Waals surface area contributed by atoms with Crippen molar-refractivity contribution in [2.45, 2.75) is 0 Å². The number of nitro groups is 1. The van der Waals surface area contributed by atoms with Crippen LogP contribution in [-0.4, -0.2) is 4.92 Å². The van der Waals surface area contributed by atoms with E-state index in [1.54, 1.807) is 6.07 Å². The number of hydrogen-bond acceptors (Lipinski definition) is 4. The molecule has 0 fully saturated rings. The summed E-state index contributed by atoms with van der Waals surface area (Å²) in [6.45, 7) is 0. The molecule has 5 nitrogen and oxygen atoms in total. The van der Waals surface area contributed by atoms with Gasteiger partial charge in [-0.05, 0) is 37.9 Å². The van der Waals surface area contributed by atoms with E-state index in [1.807, 2.05) is 0 Å². The number of nitrogens with two attached hydrogens (primary N) is 2. The van der Waals surface area contributed by atoms with Gasteiger partial charge in [-0.3, -0.25) is 10.1 Å². The molecule has 2 aromatic carbocycles. The summed E-state index contributed by atoms with van der Waals surface area (Å²) in [6.07, 6.45) is 0. The average molecular weight is 540 g/mol. The second-order valence-corrected chi connectivity index (χ2v) is 6.62. The van der Waals surface area contributed by atoms with Gasteiger partial charge in [0.05, 0.1) is 9.40 Å². The molecule has 0 bridgehead atoms. The highest BCUT2D eigenvalue weighted by molar-refractivity contribution is 9.11. The highest BCUT2D eigenvalue weighted by Gasteiger charge is 2.21. The lowest BCUT2D eigenvalue weighted by atomic mass is 10.3. The Bertz CT molecular complexity index is 716. The summed E-state index contributed by atoms with van der Waals surface area (Å²) in [5.41, 5.74) is 9.03.